The monoisotopic (exact) mass is 627 g/mol. The summed E-state index contributed by atoms with van der Waals surface area (Å²) >= 11 is 0. The van der Waals surface area contributed by atoms with Crippen molar-refractivity contribution in [2.75, 3.05) is 18.6 Å². The molecule has 0 fully saturated rings. The number of anilines is 2. The minimum atomic E-state index is -0.832. The van der Waals surface area contributed by atoms with E-state index in [1.807, 2.05) is 13.8 Å². The molecular formula is C37H61N3O5. The van der Waals surface area contributed by atoms with Gasteiger partial charge in [0.2, 0.25) is 0 Å². The van der Waals surface area contributed by atoms with E-state index in [0.29, 0.717) is 51.6 Å². The van der Waals surface area contributed by atoms with E-state index in [4.69, 9.17) is 25.7 Å². The highest BCUT2D eigenvalue weighted by molar-refractivity contribution is 6.01. The Morgan fingerprint density at radius 3 is 1.56 bits per heavy atom. The lowest BCUT2D eigenvalue weighted by Crippen LogP contribution is -2.34. The SMILES string of the molecule is CCCCCCCCCCCCCCCc1c(N)cc(N)c(OC)c1C1C(C(=O)OC(C)C)=C(C)NC(C)=C1C(=O)OC(C)C. The van der Waals surface area contributed by atoms with E-state index >= 15 is 0 Å². The summed E-state index contributed by atoms with van der Waals surface area (Å²) in [6.07, 6.45) is 16.3. The Labute approximate surface area is 272 Å². The molecule has 0 spiro atoms. The largest absolute Gasteiger partial charge is 0.494 e. The van der Waals surface area contributed by atoms with Gasteiger partial charge in [-0.25, -0.2) is 9.59 Å². The molecule has 1 aromatic carbocycles. The van der Waals surface area contributed by atoms with Crippen LogP contribution in [-0.4, -0.2) is 31.3 Å². The molecule has 45 heavy (non-hydrogen) atoms. The maximum Gasteiger partial charge on any atom is 0.337 e. The number of esters is 2. The average molecular weight is 628 g/mol. The average Bonchev–Trinajstić information content (AvgIpc) is 2.94. The minimum Gasteiger partial charge on any atom is -0.494 e. The highest BCUT2D eigenvalue weighted by Crippen LogP contribution is 2.48. The molecule has 1 aromatic rings. The number of hydrogen-bond acceptors (Lipinski definition) is 8. The van der Waals surface area contributed by atoms with E-state index in [1.54, 1.807) is 40.9 Å². The summed E-state index contributed by atoms with van der Waals surface area (Å²) in [4.78, 5) is 27.3. The van der Waals surface area contributed by atoms with Gasteiger partial charge in [0.15, 0.2) is 0 Å². The van der Waals surface area contributed by atoms with E-state index in [0.717, 1.165) is 24.8 Å². The number of allylic oxidation sites excluding steroid dienone is 2. The quantitative estimate of drug-likeness (QED) is 0.0745. The molecule has 0 unspecified atom stereocenters. The van der Waals surface area contributed by atoms with Crippen LogP contribution < -0.4 is 21.5 Å². The van der Waals surface area contributed by atoms with Crippen LogP contribution in [0.15, 0.2) is 28.6 Å². The first-order chi connectivity index (χ1) is 21.4. The Bertz CT molecular complexity index is 1140. The van der Waals surface area contributed by atoms with Crippen LogP contribution in [-0.2, 0) is 25.5 Å². The lowest BCUT2D eigenvalue weighted by Gasteiger charge is -2.33. The molecule has 8 nitrogen and oxygen atoms in total. The minimum absolute atomic E-state index is 0.319. The number of nitrogen functional groups attached to an aromatic ring is 2. The van der Waals surface area contributed by atoms with Gasteiger partial charge < -0.3 is 31.0 Å². The molecular weight excluding hydrogens is 566 g/mol. The molecule has 0 saturated heterocycles. The molecule has 0 aliphatic carbocycles. The maximum atomic E-state index is 13.7. The number of carbonyl (C=O) groups is 2. The summed E-state index contributed by atoms with van der Waals surface area (Å²) in [6.45, 7) is 13.1. The van der Waals surface area contributed by atoms with Crippen LogP contribution in [0.25, 0.3) is 0 Å². The smallest absolute Gasteiger partial charge is 0.337 e. The first kappa shape index (κ1) is 38.0. The number of nitrogens with one attached hydrogen (secondary N) is 1. The number of hydrogen-bond donors (Lipinski definition) is 3. The van der Waals surface area contributed by atoms with Crippen LogP contribution >= 0.6 is 0 Å². The third-order valence-electron chi connectivity index (χ3n) is 8.40. The van der Waals surface area contributed by atoms with Crippen molar-refractivity contribution in [1.82, 2.24) is 5.32 Å². The summed E-state index contributed by atoms with van der Waals surface area (Å²) in [5.41, 5.74) is 17.3. The standard InChI is InChI=1S/C37H61N3O5/c1-9-10-11-12-13-14-15-16-17-18-19-20-21-22-28-29(38)23-30(39)35(43-8)33(28)34-31(36(41)44-24(2)3)26(6)40-27(7)32(34)37(42)45-25(4)5/h23-25,34,40H,9-22,38-39H2,1-8H3. The zero-order valence-corrected chi connectivity index (χ0v) is 29.4. The van der Waals surface area contributed by atoms with Gasteiger partial charge in [0.1, 0.15) is 5.75 Å². The van der Waals surface area contributed by atoms with Gasteiger partial charge in [0.05, 0.1) is 42.1 Å². The summed E-state index contributed by atoms with van der Waals surface area (Å²) < 4.78 is 17.3. The number of ether oxygens (including phenoxy) is 3. The molecule has 1 aliphatic rings. The van der Waals surface area contributed by atoms with Crippen molar-refractivity contribution >= 4 is 23.3 Å². The van der Waals surface area contributed by atoms with Crippen molar-refractivity contribution in [1.29, 1.82) is 0 Å². The molecule has 0 bridgehead atoms. The fraction of sp³-hybridized carbons (Fsp3) is 0.676. The van der Waals surface area contributed by atoms with E-state index in [9.17, 15) is 9.59 Å². The molecule has 1 heterocycles. The number of carbonyl (C=O) groups excluding carboxylic acids is 2. The third-order valence-corrected chi connectivity index (χ3v) is 8.40. The number of dihydropyridines is 1. The van der Waals surface area contributed by atoms with Crippen molar-refractivity contribution in [3.8, 4) is 5.75 Å². The van der Waals surface area contributed by atoms with Crippen LogP contribution in [0.1, 0.15) is 149 Å². The van der Waals surface area contributed by atoms with Crippen molar-refractivity contribution in [3.05, 3.63) is 39.7 Å². The first-order valence-electron chi connectivity index (χ1n) is 17.3. The maximum absolute atomic E-state index is 13.7. The number of unbranched alkanes of at least 4 members (excludes halogenated alkanes) is 12. The molecule has 254 valence electrons. The second-order valence-corrected chi connectivity index (χ2v) is 13.0. The fourth-order valence-corrected chi connectivity index (χ4v) is 6.28. The lowest BCUT2D eigenvalue weighted by molar-refractivity contribution is -0.143. The Hall–Kier alpha value is -3.16. The van der Waals surface area contributed by atoms with Gasteiger partial charge in [0, 0.05) is 22.6 Å². The molecule has 2 rings (SSSR count). The van der Waals surface area contributed by atoms with Crippen LogP contribution in [0.2, 0.25) is 0 Å². The summed E-state index contributed by atoms with van der Waals surface area (Å²) in [7, 11) is 1.55. The molecule has 0 aromatic heterocycles. The third kappa shape index (κ3) is 11.3. The molecule has 0 atom stereocenters. The Kier molecular flexibility index (Phi) is 16.4. The summed E-state index contributed by atoms with van der Waals surface area (Å²) in [5.74, 6) is -1.46. The topological polar surface area (TPSA) is 126 Å². The zero-order valence-electron chi connectivity index (χ0n) is 29.4. The van der Waals surface area contributed by atoms with Crippen LogP contribution in [0.3, 0.4) is 0 Å². The Morgan fingerprint density at radius 1 is 0.733 bits per heavy atom. The molecule has 0 amide bonds. The van der Waals surface area contributed by atoms with Crippen molar-refractivity contribution in [3.63, 3.8) is 0 Å². The number of methoxy groups -OCH3 is 1. The first-order valence-corrected chi connectivity index (χ1v) is 17.3. The van der Waals surface area contributed by atoms with Crippen molar-refractivity contribution in [2.45, 2.75) is 156 Å². The van der Waals surface area contributed by atoms with E-state index in [-0.39, 0.29) is 12.2 Å². The van der Waals surface area contributed by atoms with Gasteiger partial charge in [-0.1, -0.05) is 84.0 Å². The van der Waals surface area contributed by atoms with E-state index in [2.05, 4.69) is 12.2 Å². The van der Waals surface area contributed by atoms with Gasteiger partial charge in [-0.3, -0.25) is 0 Å². The molecule has 0 radical (unpaired) electrons. The predicted molar refractivity (Wildman–Crippen MR) is 185 cm³/mol. The zero-order chi connectivity index (χ0) is 33.5. The van der Waals surface area contributed by atoms with Gasteiger partial charge in [0.25, 0.3) is 0 Å². The fourth-order valence-electron chi connectivity index (χ4n) is 6.28. The van der Waals surface area contributed by atoms with Crippen LogP contribution in [0, 0.1) is 0 Å². The highest BCUT2D eigenvalue weighted by atomic mass is 16.5. The van der Waals surface area contributed by atoms with E-state index in [1.165, 1.54) is 64.2 Å². The van der Waals surface area contributed by atoms with Gasteiger partial charge in [-0.15, -0.1) is 0 Å². The second kappa shape index (κ2) is 19.4. The van der Waals surface area contributed by atoms with Crippen molar-refractivity contribution in [2.24, 2.45) is 0 Å². The van der Waals surface area contributed by atoms with Crippen LogP contribution in [0.4, 0.5) is 11.4 Å². The van der Waals surface area contributed by atoms with E-state index < -0.39 is 17.9 Å². The molecule has 0 saturated carbocycles. The van der Waals surface area contributed by atoms with Gasteiger partial charge in [-0.05, 0) is 66.0 Å². The number of benzene rings is 1. The summed E-state index contributed by atoms with van der Waals surface area (Å²) in [5, 5.41) is 3.22. The van der Waals surface area contributed by atoms with Gasteiger partial charge >= 0.3 is 11.9 Å². The number of rotatable bonds is 20. The Balaban J connectivity index is 2.33. The number of nitrogens with two attached hydrogens (primary N) is 2. The van der Waals surface area contributed by atoms with Crippen molar-refractivity contribution < 1.29 is 23.8 Å². The predicted octanol–water partition coefficient (Wildman–Crippen LogP) is 8.63. The lowest BCUT2D eigenvalue weighted by atomic mass is 9.76. The molecule has 1 aliphatic heterocycles. The normalized spacial score (nSPS) is 13.9. The molecule has 8 heteroatoms. The van der Waals surface area contributed by atoms with Crippen LogP contribution in [0.5, 0.6) is 5.75 Å². The molecule has 5 N–H and O–H groups in total. The van der Waals surface area contributed by atoms with Gasteiger partial charge in [-0.2, -0.15) is 0 Å². The highest BCUT2D eigenvalue weighted by Gasteiger charge is 2.41. The second-order valence-electron chi connectivity index (χ2n) is 13.0. The Morgan fingerprint density at radius 2 is 1.16 bits per heavy atom. The summed E-state index contributed by atoms with van der Waals surface area (Å²) in [6, 6.07) is 1.71.